The van der Waals surface area contributed by atoms with Crippen molar-refractivity contribution in [1.82, 2.24) is 29.3 Å². The summed E-state index contributed by atoms with van der Waals surface area (Å²) in [5, 5.41) is 8.82. The molecule has 0 saturated heterocycles. The normalized spacial score (nSPS) is 10.8. The van der Waals surface area contributed by atoms with E-state index in [0.29, 0.717) is 55.6 Å². The number of aromatic nitrogens is 6. The molecule has 0 atom stereocenters. The van der Waals surface area contributed by atoms with Gasteiger partial charge in [0.25, 0.3) is 5.56 Å². The van der Waals surface area contributed by atoms with Gasteiger partial charge >= 0.3 is 0 Å². The first kappa shape index (κ1) is 25.4. The predicted octanol–water partition coefficient (Wildman–Crippen LogP) is 5.87. The minimum Gasteiger partial charge on any atom is -0.419 e. The molecule has 0 aliphatic rings. The summed E-state index contributed by atoms with van der Waals surface area (Å²) in [5.41, 5.74) is 1.70. The highest BCUT2D eigenvalue weighted by Gasteiger charge is 2.16. The maximum atomic E-state index is 13.1. The van der Waals surface area contributed by atoms with Crippen LogP contribution in [-0.4, -0.2) is 29.3 Å². The number of hydrogen-bond acceptors (Lipinski definition) is 7. The van der Waals surface area contributed by atoms with Crippen LogP contribution in [0.5, 0.6) is 11.8 Å². The van der Waals surface area contributed by atoms with E-state index >= 15 is 0 Å². The Kier molecular flexibility index (Phi) is 7.44. The molecule has 4 heterocycles. The number of benzene rings is 1. The standard InChI is InChI=1S/C24H19Cl2N7O2.ClH/c1-3-33-10-9-20(31-33)35-19-8-7-15(13-27-19)29-24-28-12-14-11-16(23(34)32(2)22(14)30-24)21-17(25)5-4-6-18(21)26;/h4-13H,3H2,1-2H3,(H,28,29,30);1H. The molecule has 0 radical (unpaired) electrons. The third kappa shape index (κ3) is 4.99. The Morgan fingerprint density at radius 1 is 1.03 bits per heavy atom. The maximum Gasteiger partial charge on any atom is 0.259 e. The second-order valence-corrected chi connectivity index (χ2v) is 8.43. The molecule has 36 heavy (non-hydrogen) atoms. The fourth-order valence-electron chi connectivity index (χ4n) is 3.57. The lowest BCUT2D eigenvalue weighted by Gasteiger charge is -2.12. The van der Waals surface area contributed by atoms with Crippen LogP contribution in [0.2, 0.25) is 10.0 Å². The number of ether oxygens (including phenoxy) is 1. The van der Waals surface area contributed by atoms with E-state index in [2.05, 4.69) is 25.4 Å². The number of fused-ring (bicyclic) bond motifs is 1. The zero-order valence-electron chi connectivity index (χ0n) is 19.1. The fraction of sp³-hybridized carbons (Fsp3) is 0.125. The third-order valence-corrected chi connectivity index (χ3v) is 5.95. The maximum absolute atomic E-state index is 13.1. The van der Waals surface area contributed by atoms with Gasteiger partial charge in [0.2, 0.25) is 17.7 Å². The zero-order chi connectivity index (χ0) is 24.5. The van der Waals surface area contributed by atoms with E-state index in [1.54, 1.807) is 66.6 Å². The molecule has 0 saturated carbocycles. The lowest BCUT2D eigenvalue weighted by molar-refractivity contribution is 0.433. The van der Waals surface area contributed by atoms with Crippen LogP contribution in [0, 0.1) is 0 Å². The lowest BCUT2D eigenvalue weighted by Crippen LogP contribution is -2.20. The number of anilines is 2. The van der Waals surface area contributed by atoms with E-state index in [-0.39, 0.29) is 18.0 Å². The van der Waals surface area contributed by atoms with Gasteiger partial charge in [0.15, 0.2) is 0 Å². The second-order valence-electron chi connectivity index (χ2n) is 7.61. The minimum atomic E-state index is -0.272. The van der Waals surface area contributed by atoms with Crippen molar-refractivity contribution in [3.05, 3.63) is 81.5 Å². The third-order valence-electron chi connectivity index (χ3n) is 5.32. The van der Waals surface area contributed by atoms with Gasteiger partial charge in [-0.3, -0.25) is 14.0 Å². The van der Waals surface area contributed by atoms with Crippen molar-refractivity contribution in [2.24, 2.45) is 7.05 Å². The molecule has 9 nitrogen and oxygen atoms in total. The summed E-state index contributed by atoms with van der Waals surface area (Å²) in [5.74, 6) is 1.19. The van der Waals surface area contributed by atoms with Gasteiger partial charge in [-0.2, -0.15) is 4.98 Å². The summed E-state index contributed by atoms with van der Waals surface area (Å²) in [6, 6.07) is 12.1. The number of rotatable bonds is 6. The van der Waals surface area contributed by atoms with Gasteiger partial charge in [-0.05, 0) is 31.2 Å². The van der Waals surface area contributed by atoms with E-state index in [1.807, 2.05) is 13.1 Å². The Bertz CT molecular complexity index is 1580. The number of aryl methyl sites for hydroxylation is 2. The first-order valence-corrected chi connectivity index (χ1v) is 11.4. The van der Waals surface area contributed by atoms with Gasteiger partial charge in [-0.25, -0.2) is 9.97 Å². The van der Waals surface area contributed by atoms with E-state index in [9.17, 15) is 4.79 Å². The van der Waals surface area contributed by atoms with E-state index in [1.165, 1.54) is 4.57 Å². The van der Waals surface area contributed by atoms with Gasteiger partial charge < -0.3 is 10.1 Å². The molecule has 1 N–H and O–H groups in total. The molecule has 0 aliphatic heterocycles. The molecule has 12 heteroatoms. The van der Waals surface area contributed by atoms with Gasteiger partial charge in [0.1, 0.15) is 5.65 Å². The molecule has 0 amide bonds. The van der Waals surface area contributed by atoms with Crippen LogP contribution in [0.25, 0.3) is 22.2 Å². The van der Waals surface area contributed by atoms with Crippen molar-refractivity contribution >= 4 is 58.3 Å². The summed E-state index contributed by atoms with van der Waals surface area (Å²) in [6.07, 6.45) is 5.07. The van der Waals surface area contributed by atoms with Crippen molar-refractivity contribution in [3.8, 4) is 22.9 Å². The molecule has 1 aromatic carbocycles. The highest BCUT2D eigenvalue weighted by atomic mass is 35.5. The molecule has 0 fully saturated rings. The monoisotopic (exact) mass is 543 g/mol. The Labute approximate surface area is 222 Å². The van der Waals surface area contributed by atoms with Crippen LogP contribution in [-0.2, 0) is 13.6 Å². The molecular weight excluding hydrogens is 525 g/mol. The number of hydrogen-bond donors (Lipinski definition) is 1. The van der Waals surface area contributed by atoms with E-state index < -0.39 is 0 Å². The van der Waals surface area contributed by atoms with Crippen molar-refractivity contribution < 1.29 is 4.74 Å². The predicted molar refractivity (Wildman–Crippen MR) is 143 cm³/mol. The molecule has 5 aromatic rings. The van der Waals surface area contributed by atoms with Gasteiger partial charge in [-0.1, -0.05) is 29.3 Å². The topological polar surface area (TPSA) is 99.8 Å². The molecular formula is C24H20Cl3N7O2. The molecule has 0 aliphatic carbocycles. The number of halogens is 3. The molecule has 0 unspecified atom stereocenters. The number of nitrogens with zero attached hydrogens (tertiary/aromatic N) is 6. The quantitative estimate of drug-likeness (QED) is 0.285. The van der Waals surface area contributed by atoms with Crippen molar-refractivity contribution in [2.75, 3.05) is 5.32 Å². The highest BCUT2D eigenvalue weighted by molar-refractivity contribution is 6.39. The summed E-state index contributed by atoms with van der Waals surface area (Å²) in [7, 11) is 1.64. The first-order chi connectivity index (χ1) is 16.9. The fourth-order valence-corrected chi connectivity index (χ4v) is 4.17. The van der Waals surface area contributed by atoms with Crippen LogP contribution in [0.4, 0.5) is 11.6 Å². The van der Waals surface area contributed by atoms with Crippen molar-refractivity contribution in [1.29, 1.82) is 0 Å². The second kappa shape index (κ2) is 10.5. The van der Waals surface area contributed by atoms with Gasteiger partial charge in [-0.15, -0.1) is 17.5 Å². The van der Waals surface area contributed by atoms with Gasteiger partial charge in [0.05, 0.1) is 27.5 Å². The van der Waals surface area contributed by atoms with Crippen LogP contribution in [0.15, 0.2) is 65.8 Å². The largest absolute Gasteiger partial charge is 0.419 e. The van der Waals surface area contributed by atoms with Gasteiger partial charge in [0, 0.05) is 49.1 Å². The first-order valence-electron chi connectivity index (χ1n) is 10.7. The van der Waals surface area contributed by atoms with Crippen LogP contribution in [0.3, 0.4) is 0 Å². The Hall–Kier alpha value is -3.66. The average molecular weight is 545 g/mol. The Morgan fingerprint density at radius 2 is 1.81 bits per heavy atom. The highest BCUT2D eigenvalue weighted by Crippen LogP contribution is 2.33. The smallest absolute Gasteiger partial charge is 0.259 e. The summed E-state index contributed by atoms with van der Waals surface area (Å²) < 4.78 is 8.87. The lowest BCUT2D eigenvalue weighted by atomic mass is 10.1. The molecule has 0 bridgehead atoms. The molecule has 4 aromatic heterocycles. The Morgan fingerprint density at radius 3 is 2.47 bits per heavy atom. The SMILES string of the molecule is CCn1ccc(Oc2ccc(Nc3ncc4cc(-c5c(Cl)cccc5Cl)c(=O)n(C)c4n3)cn2)n1.Cl. The summed E-state index contributed by atoms with van der Waals surface area (Å²) in [4.78, 5) is 26.3. The van der Waals surface area contributed by atoms with E-state index in [4.69, 9.17) is 27.9 Å². The molecule has 5 rings (SSSR count). The average Bonchev–Trinajstić information content (AvgIpc) is 3.31. The van der Waals surface area contributed by atoms with Crippen molar-refractivity contribution in [3.63, 3.8) is 0 Å². The zero-order valence-corrected chi connectivity index (χ0v) is 21.5. The summed E-state index contributed by atoms with van der Waals surface area (Å²) >= 11 is 12.7. The van der Waals surface area contributed by atoms with E-state index in [0.717, 1.165) is 6.54 Å². The molecule has 184 valence electrons. The van der Waals surface area contributed by atoms with Crippen molar-refractivity contribution in [2.45, 2.75) is 13.5 Å². The van der Waals surface area contributed by atoms with Crippen LogP contribution in [0.1, 0.15) is 6.92 Å². The Balaban J connectivity index is 0.00000304. The minimum absolute atomic E-state index is 0. The van der Waals surface area contributed by atoms with Crippen LogP contribution < -0.4 is 15.6 Å². The number of pyridine rings is 2. The number of nitrogens with one attached hydrogen (secondary N) is 1. The van der Waals surface area contributed by atoms with Crippen LogP contribution >= 0.6 is 35.6 Å². The summed E-state index contributed by atoms with van der Waals surface area (Å²) in [6.45, 7) is 2.75. The molecule has 0 spiro atoms.